The van der Waals surface area contributed by atoms with Crippen LogP contribution in [0.1, 0.15) is 36.8 Å². The van der Waals surface area contributed by atoms with Crippen LogP contribution in [0.2, 0.25) is 5.02 Å². The van der Waals surface area contributed by atoms with Gasteiger partial charge >= 0.3 is 5.97 Å². The van der Waals surface area contributed by atoms with Crippen molar-refractivity contribution < 1.29 is 14.8 Å². The standard InChI is InChI=1S/C16H15ClN4O4/c1-2-4-10-13(16(22)23)12(9-7-18-20-15(9)19-10)8-5-3-6-11(14(8)17)21(24)25/h3,5-7,12H,2,4H2,1H3,(H,22,23)(H2,18,19,20). The van der Waals surface area contributed by atoms with Gasteiger partial charge in [-0.2, -0.15) is 5.10 Å². The quantitative estimate of drug-likeness (QED) is 0.551. The number of nitrogens with one attached hydrogen (secondary N) is 2. The Hall–Kier alpha value is -2.87. The second-order valence-corrected chi connectivity index (χ2v) is 6.02. The van der Waals surface area contributed by atoms with Gasteiger partial charge in [0, 0.05) is 23.2 Å². The minimum atomic E-state index is -1.10. The number of allylic oxidation sites excluding steroid dienone is 1. The smallest absolute Gasteiger partial charge is 0.334 e. The molecule has 1 aliphatic heterocycles. The molecule has 2 heterocycles. The van der Waals surface area contributed by atoms with Crippen LogP contribution in [-0.4, -0.2) is 26.2 Å². The van der Waals surface area contributed by atoms with Gasteiger partial charge in [-0.15, -0.1) is 0 Å². The van der Waals surface area contributed by atoms with Crippen molar-refractivity contribution in [3.63, 3.8) is 0 Å². The van der Waals surface area contributed by atoms with Crippen molar-refractivity contribution in [1.82, 2.24) is 10.2 Å². The Morgan fingerprint density at radius 3 is 2.84 bits per heavy atom. The van der Waals surface area contributed by atoms with Crippen molar-refractivity contribution in [3.05, 3.63) is 61.9 Å². The minimum Gasteiger partial charge on any atom is -0.478 e. The Balaban J connectivity index is 2.27. The number of hydrogen-bond acceptors (Lipinski definition) is 5. The Kier molecular flexibility index (Phi) is 4.45. The van der Waals surface area contributed by atoms with E-state index in [0.717, 1.165) is 6.42 Å². The molecule has 3 rings (SSSR count). The molecule has 0 amide bonds. The Labute approximate surface area is 147 Å². The van der Waals surface area contributed by atoms with Crippen molar-refractivity contribution in [2.45, 2.75) is 25.7 Å². The Morgan fingerprint density at radius 2 is 2.20 bits per heavy atom. The van der Waals surface area contributed by atoms with Crippen LogP contribution in [0.5, 0.6) is 0 Å². The fraction of sp³-hybridized carbons (Fsp3) is 0.250. The maximum atomic E-state index is 12.0. The zero-order chi connectivity index (χ0) is 18.1. The van der Waals surface area contributed by atoms with Gasteiger partial charge in [-0.3, -0.25) is 15.2 Å². The van der Waals surface area contributed by atoms with Crippen LogP contribution in [0.25, 0.3) is 0 Å². The average molecular weight is 363 g/mol. The molecule has 1 aromatic carbocycles. The summed E-state index contributed by atoms with van der Waals surface area (Å²) in [6.07, 6.45) is 2.76. The van der Waals surface area contributed by atoms with Gasteiger partial charge in [0.25, 0.3) is 5.69 Å². The summed E-state index contributed by atoms with van der Waals surface area (Å²) in [5.74, 6) is -1.28. The van der Waals surface area contributed by atoms with Gasteiger partial charge in [0.15, 0.2) is 0 Å². The van der Waals surface area contributed by atoms with Crippen LogP contribution in [0.3, 0.4) is 0 Å². The number of nitro groups is 1. The van der Waals surface area contributed by atoms with Crippen LogP contribution in [-0.2, 0) is 4.79 Å². The molecule has 0 aliphatic carbocycles. The first-order chi connectivity index (χ1) is 12.0. The normalized spacial score (nSPS) is 16.3. The van der Waals surface area contributed by atoms with Crippen LogP contribution < -0.4 is 5.32 Å². The molecule has 0 saturated carbocycles. The molecule has 1 unspecified atom stereocenters. The number of carbonyl (C=O) groups is 1. The summed E-state index contributed by atoms with van der Waals surface area (Å²) in [6.45, 7) is 1.94. The number of fused-ring (bicyclic) bond motifs is 1. The second-order valence-electron chi connectivity index (χ2n) is 5.64. The zero-order valence-corrected chi connectivity index (χ0v) is 14.0. The van der Waals surface area contributed by atoms with Gasteiger partial charge in [0.2, 0.25) is 0 Å². The number of aromatic amines is 1. The lowest BCUT2D eigenvalue weighted by molar-refractivity contribution is -0.384. The fourth-order valence-electron chi connectivity index (χ4n) is 3.09. The summed E-state index contributed by atoms with van der Waals surface area (Å²) in [4.78, 5) is 22.6. The lowest BCUT2D eigenvalue weighted by Crippen LogP contribution is -2.23. The number of rotatable bonds is 5. The van der Waals surface area contributed by atoms with Gasteiger partial charge in [-0.25, -0.2) is 4.79 Å². The highest BCUT2D eigenvalue weighted by Gasteiger charge is 2.36. The van der Waals surface area contributed by atoms with Crippen LogP contribution in [0.15, 0.2) is 35.7 Å². The number of H-pyrrole nitrogens is 1. The number of aromatic nitrogens is 2. The summed E-state index contributed by atoms with van der Waals surface area (Å²) in [6, 6.07) is 4.40. The molecule has 0 spiro atoms. The Bertz CT molecular complexity index is 890. The molecular formula is C16H15ClN4O4. The van der Waals surface area contributed by atoms with E-state index < -0.39 is 16.8 Å². The molecule has 130 valence electrons. The van der Waals surface area contributed by atoms with Crippen molar-refractivity contribution >= 4 is 29.1 Å². The molecule has 25 heavy (non-hydrogen) atoms. The molecule has 0 saturated heterocycles. The van der Waals surface area contributed by atoms with Gasteiger partial charge in [0.05, 0.1) is 16.7 Å². The lowest BCUT2D eigenvalue weighted by atomic mass is 9.81. The van der Waals surface area contributed by atoms with Crippen molar-refractivity contribution in [3.8, 4) is 0 Å². The number of nitrogens with zero attached hydrogens (tertiary/aromatic N) is 2. The van der Waals surface area contributed by atoms with Gasteiger partial charge in [-0.05, 0) is 12.0 Å². The highest BCUT2D eigenvalue weighted by molar-refractivity contribution is 6.33. The number of halogens is 1. The maximum absolute atomic E-state index is 12.0. The highest BCUT2D eigenvalue weighted by Crippen LogP contribution is 2.45. The number of carboxylic acids is 1. The summed E-state index contributed by atoms with van der Waals surface area (Å²) in [5, 5.41) is 30.8. The molecule has 1 aromatic heterocycles. The van der Waals surface area contributed by atoms with Crippen LogP contribution >= 0.6 is 11.6 Å². The van der Waals surface area contributed by atoms with E-state index in [4.69, 9.17) is 11.6 Å². The Morgan fingerprint density at radius 1 is 1.44 bits per heavy atom. The third-order valence-electron chi connectivity index (χ3n) is 4.12. The van der Waals surface area contributed by atoms with E-state index in [1.165, 1.54) is 18.3 Å². The predicted molar refractivity (Wildman–Crippen MR) is 91.7 cm³/mol. The van der Waals surface area contributed by atoms with Crippen LogP contribution in [0, 0.1) is 10.1 Å². The average Bonchev–Trinajstić information content (AvgIpc) is 3.02. The summed E-state index contributed by atoms with van der Waals surface area (Å²) in [5.41, 5.74) is 1.35. The van der Waals surface area contributed by atoms with Gasteiger partial charge in [0.1, 0.15) is 10.8 Å². The van der Waals surface area contributed by atoms with Crippen molar-refractivity contribution in [2.24, 2.45) is 0 Å². The van der Waals surface area contributed by atoms with E-state index in [0.29, 0.717) is 29.1 Å². The summed E-state index contributed by atoms with van der Waals surface area (Å²) >= 11 is 6.26. The monoisotopic (exact) mass is 362 g/mol. The van der Waals surface area contributed by atoms with Gasteiger partial charge in [-0.1, -0.05) is 37.1 Å². The molecule has 0 radical (unpaired) electrons. The van der Waals surface area contributed by atoms with E-state index >= 15 is 0 Å². The molecule has 2 aromatic rings. The van der Waals surface area contributed by atoms with E-state index in [1.807, 2.05) is 6.92 Å². The number of benzene rings is 1. The minimum absolute atomic E-state index is 0.0684. The maximum Gasteiger partial charge on any atom is 0.334 e. The van der Waals surface area contributed by atoms with E-state index in [-0.39, 0.29) is 16.3 Å². The molecule has 1 aliphatic rings. The first kappa shape index (κ1) is 17.0. The molecule has 9 heteroatoms. The third-order valence-corrected chi connectivity index (χ3v) is 4.53. The van der Waals surface area contributed by atoms with E-state index in [2.05, 4.69) is 15.5 Å². The predicted octanol–water partition coefficient (Wildman–Crippen LogP) is 3.67. The number of carboxylic acid groups (broad SMARTS) is 1. The van der Waals surface area contributed by atoms with Gasteiger partial charge < -0.3 is 10.4 Å². The summed E-state index contributed by atoms with van der Waals surface area (Å²) in [7, 11) is 0. The highest BCUT2D eigenvalue weighted by atomic mass is 35.5. The van der Waals surface area contributed by atoms with E-state index in [1.54, 1.807) is 6.07 Å². The largest absolute Gasteiger partial charge is 0.478 e. The van der Waals surface area contributed by atoms with Crippen molar-refractivity contribution in [2.75, 3.05) is 5.32 Å². The molecule has 3 N–H and O–H groups in total. The summed E-state index contributed by atoms with van der Waals surface area (Å²) < 4.78 is 0. The number of anilines is 1. The lowest BCUT2D eigenvalue weighted by Gasteiger charge is -2.28. The molecule has 0 bridgehead atoms. The zero-order valence-electron chi connectivity index (χ0n) is 13.2. The number of hydrogen-bond donors (Lipinski definition) is 3. The first-order valence-electron chi connectivity index (χ1n) is 7.65. The van der Waals surface area contributed by atoms with E-state index in [9.17, 15) is 20.0 Å². The molecule has 0 fully saturated rings. The number of aliphatic carboxylic acids is 1. The molecule has 1 atom stereocenters. The van der Waals surface area contributed by atoms with Crippen LogP contribution in [0.4, 0.5) is 11.5 Å². The second kappa shape index (κ2) is 6.56. The first-order valence-corrected chi connectivity index (χ1v) is 8.02. The van der Waals surface area contributed by atoms with Crippen molar-refractivity contribution in [1.29, 1.82) is 0 Å². The SMILES string of the molecule is CCCC1=C(C(=O)O)C(c2cccc([N+](=O)[O-])c2Cl)c2cn[nH]c2N1. The molecule has 8 nitrogen and oxygen atoms in total. The third kappa shape index (κ3) is 2.85. The fourth-order valence-corrected chi connectivity index (χ4v) is 3.39. The molecular weight excluding hydrogens is 348 g/mol. The topological polar surface area (TPSA) is 121 Å². The number of nitro benzene ring substituents is 1.